The second-order valence-electron chi connectivity index (χ2n) is 7.05. The quantitative estimate of drug-likeness (QED) is 0.502. The number of aromatic nitrogens is 6. The minimum atomic E-state index is -0.304. The molecule has 0 saturated heterocycles. The van der Waals surface area contributed by atoms with E-state index in [-0.39, 0.29) is 11.7 Å². The van der Waals surface area contributed by atoms with Crippen molar-refractivity contribution in [2.24, 2.45) is 0 Å². The molecule has 0 aliphatic rings. The topological polar surface area (TPSA) is 90.5 Å². The highest BCUT2D eigenvalue weighted by molar-refractivity contribution is 6.02. The van der Waals surface area contributed by atoms with Crippen molar-refractivity contribution in [1.82, 2.24) is 30.0 Å². The van der Waals surface area contributed by atoms with Gasteiger partial charge in [0.2, 0.25) is 5.91 Å². The summed E-state index contributed by atoms with van der Waals surface area (Å²) in [4.78, 5) is 12.6. The molecule has 2 aromatic heterocycles. The number of tetrazole rings is 1. The summed E-state index contributed by atoms with van der Waals surface area (Å²) in [7, 11) is 0. The van der Waals surface area contributed by atoms with Crippen molar-refractivity contribution in [3.63, 3.8) is 0 Å². The lowest BCUT2D eigenvalue weighted by molar-refractivity contribution is -0.111. The van der Waals surface area contributed by atoms with Gasteiger partial charge in [-0.05, 0) is 79.2 Å². The first-order chi connectivity index (χ1) is 14.9. The molecule has 156 valence electrons. The van der Waals surface area contributed by atoms with E-state index in [0.29, 0.717) is 5.69 Å². The van der Waals surface area contributed by atoms with Gasteiger partial charge in [-0.2, -0.15) is 5.10 Å². The van der Waals surface area contributed by atoms with Crippen LogP contribution in [0.3, 0.4) is 0 Å². The third-order valence-corrected chi connectivity index (χ3v) is 4.91. The van der Waals surface area contributed by atoms with Crippen molar-refractivity contribution < 1.29 is 9.18 Å². The van der Waals surface area contributed by atoms with Crippen LogP contribution in [0.5, 0.6) is 0 Å². The summed E-state index contributed by atoms with van der Waals surface area (Å²) in [5.41, 5.74) is 5.52. The SMILES string of the molecule is Cc1ccc(-n2cnnn2)cc1NC(=O)/C=C/c1c(C)nn(-c2ccc(F)cc2)c1C. The normalized spacial score (nSPS) is 11.2. The van der Waals surface area contributed by atoms with Gasteiger partial charge < -0.3 is 5.32 Å². The van der Waals surface area contributed by atoms with E-state index in [4.69, 9.17) is 0 Å². The van der Waals surface area contributed by atoms with E-state index < -0.39 is 0 Å². The molecule has 0 unspecified atom stereocenters. The molecule has 4 aromatic rings. The fourth-order valence-corrected chi connectivity index (χ4v) is 3.23. The number of aryl methyl sites for hydroxylation is 2. The summed E-state index contributed by atoms with van der Waals surface area (Å²) >= 11 is 0. The van der Waals surface area contributed by atoms with Gasteiger partial charge in [-0.25, -0.2) is 13.8 Å². The Bertz CT molecular complexity index is 1260. The molecule has 0 aliphatic heterocycles. The third-order valence-electron chi connectivity index (χ3n) is 4.91. The number of anilines is 1. The van der Waals surface area contributed by atoms with E-state index in [0.717, 1.165) is 33.9 Å². The summed E-state index contributed by atoms with van der Waals surface area (Å²) in [5, 5.41) is 18.5. The van der Waals surface area contributed by atoms with E-state index in [1.807, 2.05) is 32.9 Å². The van der Waals surface area contributed by atoms with Crippen LogP contribution in [0.1, 0.15) is 22.5 Å². The first kappa shape index (κ1) is 20.1. The van der Waals surface area contributed by atoms with Crippen LogP contribution in [0.2, 0.25) is 0 Å². The standard InChI is InChI=1S/C22H20FN7O/c1-14-4-7-19(29-13-24-27-28-29)12-21(14)25-22(31)11-10-20-15(2)26-30(16(20)3)18-8-5-17(23)6-9-18/h4-13H,1-3H3,(H,25,31)/b11-10+. The van der Waals surface area contributed by atoms with Gasteiger partial charge in [0.05, 0.1) is 17.1 Å². The van der Waals surface area contributed by atoms with Crippen LogP contribution < -0.4 is 5.32 Å². The van der Waals surface area contributed by atoms with E-state index in [1.165, 1.54) is 29.2 Å². The second-order valence-corrected chi connectivity index (χ2v) is 7.05. The maximum absolute atomic E-state index is 13.2. The van der Waals surface area contributed by atoms with Crippen molar-refractivity contribution in [1.29, 1.82) is 0 Å². The smallest absolute Gasteiger partial charge is 0.248 e. The number of nitrogens with one attached hydrogen (secondary N) is 1. The number of halogens is 1. The first-order valence-electron chi connectivity index (χ1n) is 9.57. The summed E-state index contributed by atoms with van der Waals surface area (Å²) < 4.78 is 16.5. The maximum atomic E-state index is 13.2. The van der Waals surface area contributed by atoms with E-state index in [2.05, 4.69) is 25.9 Å². The number of rotatable bonds is 5. The Kier molecular flexibility index (Phi) is 5.40. The Morgan fingerprint density at radius 3 is 2.52 bits per heavy atom. The maximum Gasteiger partial charge on any atom is 0.248 e. The lowest BCUT2D eigenvalue weighted by Crippen LogP contribution is -2.10. The minimum absolute atomic E-state index is 0.273. The van der Waals surface area contributed by atoms with Gasteiger partial charge in [-0.15, -0.1) is 5.10 Å². The molecule has 0 aliphatic carbocycles. The molecule has 2 aromatic carbocycles. The molecule has 2 heterocycles. The molecule has 0 spiro atoms. The Labute approximate surface area is 178 Å². The minimum Gasteiger partial charge on any atom is -0.322 e. The molecule has 0 radical (unpaired) electrons. The van der Waals surface area contributed by atoms with Crippen LogP contribution >= 0.6 is 0 Å². The summed E-state index contributed by atoms with van der Waals surface area (Å²) in [6.07, 6.45) is 4.68. The van der Waals surface area contributed by atoms with Crippen LogP contribution in [-0.4, -0.2) is 35.9 Å². The molecule has 31 heavy (non-hydrogen) atoms. The van der Waals surface area contributed by atoms with Crippen molar-refractivity contribution >= 4 is 17.7 Å². The third kappa shape index (κ3) is 4.25. The van der Waals surface area contributed by atoms with E-state index >= 15 is 0 Å². The van der Waals surface area contributed by atoms with Crippen molar-refractivity contribution in [2.45, 2.75) is 20.8 Å². The Hall–Kier alpha value is -4.14. The van der Waals surface area contributed by atoms with Gasteiger partial charge >= 0.3 is 0 Å². The average molecular weight is 417 g/mol. The zero-order valence-corrected chi connectivity index (χ0v) is 17.2. The summed E-state index contributed by atoms with van der Waals surface area (Å²) in [6, 6.07) is 11.7. The number of amides is 1. The number of benzene rings is 2. The van der Waals surface area contributed by atoms with Gasteiger partial charge in [0.15, 0.2) is 0 Å². The van der Waals surface area contributed by atoms with Crippen molar-refractivity contribution in [3.8, 4) is 11.4 Å². The van der Waals surface area contributed by atoms with Crippen LogP contribution in [0.4, 0.5) is 10.1 Å². The molecular formula is C22H20FN7O. The predicted molar refractivity (Wildman–Crippen MR) is 115 cm³/mol. The van der Waals surface area contributed by atoms with Crippen LogP contribution in [-0.2, 0) is 4.79 Å². The fraction of sp³-hybridized carbons (Fsp3) is 0.136. The Morgan fingerprint density at radius 1 is 1.06 bits per heavy atom. The van der Waals surface area contributed by atoms with Gasteiger partial charge in [0.25, 0.3) is 0 Å². The number of nitrogens with zero attached hydrogens (tertiary/aromatic N) is 6. The van der Waals surface area contributed by atoms with Gasteiger partial charge in [-0.1, -0.05) is 6.07 Å². The van der Waals surface area contributed by atoms with E-state index in [9.17, 15) is 9.18 Å². The highest BCUT2D eigenvalue weighted by Crippen LogP contribution is 2.21. The molecule has 4 rings (SSSR count). The average Bonchev–Trinajstić information content (AvgIpc) is 3.38. The van der Waals surface area contributed by atoms with Gasteiger partial charge in [0, 0.05) is 23.0 Å². The van der Waals surface area contributed by atoms with Gasteiger partial charge in [-0.3, -0.25) is 4.79 Å². The molecular weight excluding hydrogens is 397 g/mol. The summed E-state index contributed by atoms with van der Waals surface area (Å²) in [5.74, 6) is -0.577. The zero-order valence-electron chi connectivity index (χ0n) is 17.2. The van der Waals surface area contributed by atoms with Crippen LogP contribution in [0.15, 0.2) is 54.9 Å². The van der Waals surface area contributed by atoms with Gasteiger partial charge in [0.1, 0.15) is 12.1 Å². The molecule has 0 saturated carbocycles. The number of hydrogen-bond donors (Lipinski definition) is 1. The molecule has 9 heteroatoms. The largest absolute Gasteiger partial charge is 0.322 e. The Balaban J connectivity index is 1.54. The Morgan fingerprint density at radius 2 is 1.81 bits per heavy atom. The van der Waals surface area contributed by atoms with Crippen LogP contribution in [0.25, 0.3) is 17.5 Å². The van der Waals surface area contributed by atoms with Crippen molar-refractivity contribution in [3.05, 3.63) is 83.2 Å². The molecule has 1 amide bonds. The predicted octanol–water partition coefficient (Wildman–Crippen LogP) is 3.56. The monoisotopic (exact) mass is 417 g/mol. The highest BCUT2D eigenvalue weighted by atomic mass is 19.1. The fourth-order valence-electron chi connectivity index (χ4n) is 3.23. The van der Waals surface area contributed by atoms with Crippen LogP contribution in [0, 0.1) is 26.6 Å². The number of hydrogen-bond acceptors (Lipinski definition) is 5. The molecule has 8 nitrogen and oxygen atoms in total. The molecule has 0 atom stereocenters. The van der Waals surface area contributed by atoms with E-state index in [1.54, 1.807) is 29.0 Å². The highest BCUT2D eigenvalue weighted by Gasteiger charge is 2.12. The summed E-state index contributed by atoms with van der Waals surface area (Å²) in [6.45, 7) is 5.68. The lowest BCUT2D eigenvalue weighted by atomic mass is 10.1. The number of carbonyl (C=O) groups excluding carboxylic acids is 1. The molecule has 0 bridgehead atoms. The lowest BCUT2D eigenvalue weighted by Gasteiger charge is -2.09. The first-order valence-corrected chi connectivity index (χ1v) is 9.57. The molecule has 0 fully saturated rings. The molecule has 1 N–H and O–H groups in total. The second kappa shape index (κ2) is 8.31. The zero-order chi connectivity index (χ0) is 22.0. The number of carbonyl (C=O) groups is 1. The van der Waals surface area contributed by atoms with Crippen molar-refractivity contribution in [2.75, 3.05) is 5.32 Å².